The van der Waals surface area contributed by atoms with Gasteiger partial charge in [0.2, 0.25) is 0 Å². The summed E-state index contributed by atoms with van der Waals surface area (Å²) in [4.78, 5) is 9.44. The number of nitrogens with zero attached hydrogens (tertiary/aromatic N) is 3. The number of hydrogen-bond acceptors (Lipinski definition) is 7. The zero-order chi connectivity index (χ0) is 20.6. The maximum Gasteiger partial charge on any atom is 0.417 e. The number of alkyl halides is 3. The number of rotatable bonds is 4. The van der Waals surface area contributed by atoms with Crippen LogP contribution in [0.4, 0.5) is 29.8 Å². The Kier molecular flexibility index (Phi) is 4.82. The van der Waals surface area contributed by atoms with Gasteiger partial charge in [-0.15, -0.1) is 11.3 Å². The smallest absolute Gasteiger partial charge is 0.417 e. The van der Waals surface area contributed by atoms with Gasteiger partial charge in [0.05, 0.1) is 22.7 Å². The number of anilines is 3. The molecular formula is C17H13F3N4O3S2. The number of nitrogens with one attached hydrogen (secondary N) is 1. The standard InChI is InChI=1S/C17H13F3N4O3S2/c18-17(19,20)11-1-4-15(22-10-11)24-6-7-27-14-9-12(2-3-13(14)24)29(25,26)23-16-21-5-8-28-16/h1-5,8-10H,6-7H2,(H,21,23). The van der Waals surface area contributed by atoms with E-state index in [1.807, 2.05) is 0 Å². The van der Waals surface area contributed by atoms with Crippen molar-refractivity contribution in [1.29, 1.82) is 0 Å². The second kappa shape index (κ2) is 7.19. The first-order valence-corrected chi connectivity index (χ1v) is 10.6. The van der Waals surface area contributed by atoms with Gasteiger partial charge in [-0.25, -0.2) is 18.4 Å². The maximum absolute atomic E-state index is 12.8. The van der Waals surface area contributed by atoms with Crippen LogP contribution in [-0.2, 0) is 16.2 Å². The molecule has 1 aliphatic heterocycles. The summed E-state index contributed by atoms with van der Waals surface area (Å²) in [6, 6.07) is 6.51. The molecular weight excluding hydrogens is 429 g/mol. The SMILES string of the molecule is O=S(=O)(Nc1nccs1)c1ccc2c(c1)OCCN2c1ccc(C(F)(F)F)cn1. The van der Waals surface area contributed by atoms with Gasteiger partial charge in [-0.05, 0) is 24.3 Å². The molecule has 12 heteroatoms. The third kappa shape index (κ3) is 3.98. The van der Waals surface area contributed by atoms with E-state index >= 15 is 0 Å². The van der Waals surface area contributed by atoms with Crippen molar-refractivity contribution in [2.75, 3.05) is 22.8 Å². The number of pyridine rings is 1. The van der Waals surface area contributed by atoms with E-state index in [0.717, 1.165) is 23.6 Å². The van der Waals surface area contributed by atoms with Crippen LogP contribution in [0.3, 0.4) is 0 Å². The molecule has 0 saturated carbocycles. The number of fused-ring (bicyclic) bond motifs is 1. The lowest BCUT2D eigenvalue weighted by Crippen LogP contribution is -2.29. The number of benzene rings is 1. The Bertz CT molecular complexity index is 1120. The molecule has 0 saturated heterocycles. The van der Waals surface area contributed by atoms with Gasteiger partial charge >= 0.3 is 6.18 Å². The van der Waals surface area contributed by atoms with Crippen molar-refractivity contribution in [1.82, 2.24) is 9.97 Å². The molecule has 1 N–H and O–H groups in total. The summed E-state index contributed by atoms with van der Waals surface area (Å²) >= 11 is 1.14. The Labute approximate surface area is 167 Å². The molecule has 0 fully saturated rings. The average Bonchev–Trinajstić information content (AvgIpc) is 3.19. The fraction of sp³-hybridized carbons (Fsp3) is 0.176. The van der Waals surface area contributed by atoms with Gasteiger partial charge in [0, 0.05) is 23.8 Å². The lowest BCUT2D eigenvalue weighted by molar-refractivity contribution is -0.137. The Morgan fingerprint density at radius 2 is 2.00 bits per heavy atom. The zero-order valence-corrected chi connectivity index (χ0v) is 16.2. The van der Waals surface area contributed by atoms with Crippen molar-refractivity contribution in [3.05, 3.63) is 53.7 Å². The van der Waals surface area contributed by atoms with Crippen LogP contribution in [0.1, 0.15) is 5.56 Å². The topological polar surface area (TPSA) is 84.4 Å². The van der Waals surface area contributed by atoms with E-state index in [1.165, 1.54) is 30.5 Å². The highest BCUT2D eigenvalue weighted by atomic mass is 32.2. The molecule has 4 rings (SSSR count). The lowest BCUT2D eigenvalue weighted by Gasteiger charge is -2.30. The summed E-state index contributed by atoms with van der Waals surface area (Å²) < 4.78 is 71.3. The molecule has 0 amide bonds. The number of hydrogen-bond donors (Lipinski definition) is 1. The third-order valence-corrected chi connectivity index (χ3v) is 6.26. The number of aromatic nitrogens is 2. The predicted octanol–water partition coefficient (Wildman–Crippen LogP) is 3.89. The van der Waals surface area contributed by atoms with E-state index in [9.17, 15) is 21.6 Å². The Morgan fingerprint density at radius 3 is 2.66 bits per heavy atom. The van der Waals surface area contributed by atoms with E-state index in [-0.39, 0.29) is 16.6 Å². The van der Waals surface area contributed by atoms with E-state index in [4.69, 9.17) is 4.74 Å². The van der Waals surface area contributed by atoms with Crippen LogP contribution in [0.5, 0.6) is 5.75 Å². The summed E-state index contributed by atoms with van der Waals surface area (Å²) in [5.74, 6) is 0.596. The van der Waals surface area contributed by atoms with Gasteiger partial charge in [0.15, 0.2) is 5.13 Å². The highest BCUT2D eigenvalue weighted by Gasteiger charge is 2.31. The average molecular weight is 442 g/mol. The number of sulfonamides is 1. The van der Waals surface area contributed by atoms with Crippen molar-refractivity contribution in [2.45, 2.75) is 11.1 Å². The van der Waals surface area contributed by atoms with Crippen LogP contribution in [0.15, 0.2) is 53.0 Å². The largest absolute Gasteiger partial charge is 0.489 e. The summed E-state index contributed by atoms with van der Waals surface area (Å²) in [6.07, 6.45) is -2.23. The lowest BCUT2D eigenvalue weighted by atomic mass is 10.2. The van der Waals surface area contributed by atoms with Crippen LogP contribution < -0.4 is 14.4 Å². The zero-order valence-electron chi connectivity index (χ0n) is 14.5. The maximum atomic E-state index is 12.8. The summed E-state index contributed by atoms with van der Waals surface area (Å²) in [6.45, 7) is 0.577. The van der Waals surface area contributed by atoms with Crippen LogP contribution in [0.2, 0.25) is 0 Å². The molecule has 1 aromatic carbocycles. The van der Waals surface area contributed by atoms with Crippen molar-refractivity contribution in [3.8, 4) is 5.75 Å². The Balaban J connectivity index is 1.63. The minimum absolute atomic E-state index is 0.0197. The number of ether oxygens (including phenoxy) is 1. The normalized spacial score (nSPS) is 14.2. The van der Waals surface area contributed by atoms with Gasteiger partial charge < -0.3 is 9.64 Å². The van der Waals surface area contributed by atoms with Gasteiger partial charge in [0.25, 0.3) is 10.0 Å². The van der Waals surface area contributed by atoms with Crippen LogP contribution >= 0.6 is 11.3 Å². The molecule has 0 bridgehead atoms. The molecule has 3 aromatic rings. The summed E-state index contributed by atoms with van der Waals surface area (Å²) in [5, 5.41) is 1.88. The van der Waals surface area contributed by atoms with Crippen molar-refractivity contribution < 1.29 is 26.3 Å². The first kappa shape index (κ1) is 19.5. The first-order valence-electron chi connectivity index (χ1n) is 8.24. The molecule has 3 heterocycles. The Morgan fingerprint density at radius 1 is 1.17 bits per heavy atom. The molecule has 0 unspecified atom stereocenters. The predicted molar refractivity (Wildman–Crippen MR) is 101 cm³/mol. The highest BCUT2D eigenvalue weighted by molar-refractivity contribution is 7.93. The second-order valence-corrected chi connectivity index (χ2v) is 8.55. The Hall–Kier alpha value is -2.86. The first-order chi connectivity index (χ1) is 13.7. The highest BCUT2D eigenvalue weighted by Crippen LogP contribution is 2.38. The molecule has 2 aromatic heterocycles. The molecule has 152 valence electrons. The molecule has 0 radical (unpaired) electrons. The quantitative estimate of drug-likeness (QED) is 0.660. The van der Waals surface area contributed by atoms with Gasteiger partial charge in [-0.2, -0.15) is 13.2 Å². The molecule has 0 aliphatic carbocycles. The van der Waals surface area contributed by atoms with Crippen molar-refractivity contribution in [2.24, 2.45) is 0 Å². The fourth-order valence-electron chi connectivity index (χ4n) is 2.77. The van der Waals surface area contributed by atoms with Crippen LogP contribution in [0, 0.1) is 0 Å². The van der Waals surface area contributed by atoms with Crippen molar-refractivity contribution >= 4 is 38.0 Å². The third-order valence-electron chi connectivity index (χ3n) is 4.11. The number of thiazole rings is 1. The van der Waals surface area contributed by atoms with Crippen LogP contribution in [-0.4, -0.2) is 31.5 Å². The van der Waals surface area contributed by atoms with Crippen molar-refractivity contribution in [3.63, 3.8) is 0 Å². The minimum Gasteiger partial charge on any atom is -0.489 e. The van der Waals surface area contributed by atoms with E-state index in [1.54, 1.807) is 10.3 Å². The van der Waals surface area contributed by atoms with Gasteiger partial charge in [-0.3, -0.25) is 4.72 Å². The second-order valence-electron chi connectivity index (χ2n) is 5.98. The summed E-state index contributed by atoms with van der Waals surface area (Å²) in [7, 11) is -3.86. The number of halogens is 3. The monoisotopic (exact) mass is 442 g/mol. The van der Waals surface area contributed by atoms with E-state index in [0.29, 0.717) is 23.8 Å². The summed E-state index contributed by atoms with van der Waals surface area (Å²) in [5.41, 5.74) is -0.332. The van der Waals surface area contributed by atoms with Gasteiger partial charge in [-0.1, -0.05) is 0 Å². The van der Waals surface area contributed by atoms with E-state index in [2.05, 4.69) is 14.7 Å². The fourth-order valence-corrected chi connectivity index (χ4v) is 4.57. The molecule has 0 atom stereocenters. The van der Waals surface area contributed by atoms with Crippen LogP contribution in [0.25, 0.3) is 0 Å². The molecule has 29 heavy (non-hydrogen) atoms. The van der Waals surface area contributed by atoms with E-state index < -0.39 is 21.8 Å². The molecule has 0 spiro atoms. The van der Waals surface area contributed by atoms with Gasteiger partial charge in [0.1, 0.15) is 18.2 Å². The molecule has 7 nitrogen and oxygen atoms in total. The molecule has 1 aliphatic rings. The minimum atomic E-state index is -4.47.